The number of anilines is 2. The van der Waals surface area contributed by atoms with E-state index in [2.05, 4.69) is 10.3 Å². The zero-order valence-corrected chi connectivity index (χ0v) is 10.4. The predicted octanol–water partition coefficient (Wildman–Crippen LogP) is 4.78. The summed E-state index contributed by atoms with van der Waals surface area (Å²) in [6.45, 7) is 0. The number of hydrogen-bond donors (Lipinski definition) is 1. The van der Waals surface area contributed by atoms with Gasteiger partial charge >= 0.3 is 6.18 Å². The Hall–Kier alpha value is -1.89. The van der Waals surface area contributed by atoms with Crippen LogP contribution in [-0.4, -0.2) is 4.98 Å². The number of rotatable bonds is 2. The third kappa shape index (κ3) is 3.16. The van der Waals surface area contributed by atoms with Gasteiger partial charge in [-0.1, -0.05) is 11.6 Å². The molecule has 2 rings (SSSR count). The molecular weight excluding hydrogens is 303 g/mol. The highest BCUT2D eigenvalue weighted by Crippen LogP contribution is 2.33. The molecule has 0 saturated carbocycles. The third-order valence-corrected chi connectivity index (χ3v) is 2.55. The van der Waals surface area contributed by atoms with E-state index in [4.69, 9.17) is 11.6 Å². The molecule has 106 valence electrons. The Kier molecular flexibility index (Phi) is 3.80. The molecular formula is C12H6ClF5N2. The first kappa shape index (κ1) is 14.5. The molecule has 0 aliphatic rings. The highest BCUT2D eigenvalue weighted by Gasteiger charge is 2.34. The summed E-state index contributed by atoms with van der Waals surface area (Å²) in [6, 6.07) is 3.16. The third-order valence-electron chi connectivity index (χ3n) is 2.34. The van der Waals surface area contributed by atoms with E-state index in [9.17, 15) is 22.0 Å². The van der Waals surface area contributed by atoms with Gasteiger partial charge in [-0.2, -0.15) is 13.2 Å². The van der Waals surface area contributed by atoms with Gasteiger partial charge in [0.15, 0.2) is 11.6 Å². The highest BCUT2D eigenvalue weighted by molar-refractivity contribution is 6.30. The second-order valence-corrected chi connectivity index (χ2v) is 4.24. The molecule has 0 unspecified atom stereocenters. The standard InChI is InChI=1S/C12H6ClF5N2/c13-6-3-10(15)11(19-5-6)20-7-1-2-9(14)8(4-7)12(16,17)18/h1-5H,(H,19,20). The average molecular weight is 309 g/mol. The molecule has 0 aliphatic heterocycles. The molecule has 20 heavy (non-hydrogen) atoms. The van der Waals surface area contributed by atoms with Gasteiger partial charge in [0.1, 0.15) is 5.82 Å². The molecule has 1 heterocycles. The molecule has 0 atom stereocenters. The second-order valence-electron chi connectivity index (χ2n) is 3.80. The van der Waals surface area contributed by atoms with Gasteiger partial charge in [-0.3, -0.25) is 0 Å². The summed E-state index contributed by atoms with van der Waals surface area (Å²) in [5.74, 6) is -2.56. The van der Waals surface area contributed by atoms with Crippen molar-refractivity contribution >= 4 is 23.1 Å². The van der Waals surface area contributed by atoms with Crippen LogP contribution >= 0.6 is 11.6 Å². The van der Waals surface area contributed by atoms with Gasteiger partial charge in [-0.15, -0.1) is 0 Å². The van der Waals surface area contributed by atoms with Crippen LogP contribution in [0.4, 0.5) is 33.5 Å². The van der Waals surface area contributed by atoms with Gasteiger partial charge in [0.2, 0.25) is 0 Å². The van der Waals surface area contributed by atoms with Crippen LogP contribution in [0.1, 0.15) is 5.56 Å². The Bertz CT molecular complexity index is 642. The van der Waals surface area contributed by atoms with Crippen molar-refractivity contribution in [3.63, 3.8) is 0 Å². The van der Waals surface area contributed by atoms with Crippen LogP contribution in [0, 0.1) is 11.6 Å². The van der Waals surface area contributed by atoms with Crippen LogP contribution in [0.25, 0.3) is 0 Å². The molecule has 0 saturated heterocycles. The van der Waals surface area contributed by atoms with Gasteiger partial charge in [-0.25, -0.2) is 13.8 Å². The number of halogens is 6. The van der Waals surface area contributed by atoms with E-state index in [1.54, 1.807) is 0 Å². The first-order chi connectivity index (χ1) is 9.27. The van der Waals surface area contributed by atoms with Crippen LogP contribution in [0.3, 0.4) is 0 Å². The molecule has 2 aromatic rings. The van der Waals surface area contributed by atoms with Gasteiger partial charge in [0.25, 0.3) is 0 Å². The maximum absolute atomic E-state index is 13.4. The number of pyridine rings is 1. The predicted molar refractivity (Wildman–Crippen MR) is 63.9 cm³/mol. The van der Waals surface area contributed by atoms with Crippen molar-refractivity contribution in [2.45, 2.75) is 6.18 Å². The van der Waals surface area contributed by atoms with E-state index in [1.165, 1.54) is 0 Å². The van der Waals surface area contributed by atoms with Crippen LogP contribution in [-0.2, 0) is 6.18 Å². The van der Waals surface area contributed by atoms with Crippen molar-refractivity contribution in [1.29, 1.82) is 0 Å². The van der Waals surface area contributed by atoms with Gasteiger partial charge in [0, 0.05) is 11.9 Å². The average Bonchev–Trinajstić information content (AvgIpc) is 2.33. The maximum Gasteiger partial charge on any atom is 0.419 e. The Labute approximate surface area is 115 Å². The summed E-state index contributed by atoms with van der Waals surface area (Å²) >= 11 is 5.50. The van der Waals surface area contributed by atoms with Crippen molar-refractivity contribution in [3.8, 4) is 0 Å². The number of hydrogen-bond acceptors (Lipinski definition) is 2. The Balaban J connectivity index is 2.35. The first-order valence-electron chi connectivity index (χ1n) is 5.22. The summed E-state index contributed by atoms with van der Waals surface area (Å²) < 4.78 is 64.1. The molecule has 0 fully saturated rings. The summed E-state index contributed by atoms with van der Waals surface area (Å²) in [5, 5.41) is 2.37. The lowest BCUT2D eigenvalue weighted by Gasteiger charge is -2.11. The molecule has 1 N–H and O–H groups in total. The zero-order chi connectivity index (χ0) is 14.9. The number of alkyl halides is 3. The Morgan fingerprint density at radius 2 is 1.75 bits per heavy atom. The van der Waals surface area contributed by atoms with Crippen LogP contribution in [0.2, 0.25) is 5.02 Å². The Morgan fingerprint density at radius 1 is 1.05 bits per heavy atom. The summed E-state index contributed by atoms with van der Waals surface area (Å²) in [7, 11) is 0. The number of nitrogens with one attached hydrogen (secondary N) is 1. The molecule has 8 heteroatoms. The molecule has 0 amide bonds. The van der Waals surface area contributed by atoms with Gasteiger partial charge in [0.05, 0.1) is 10.6 Å². The van der Waals surface area contributed by atoms with Gasteiger partial charge < -0.3 is 5.32 Å². The van der Waals surface area contributed by atoms with E-state index in [0.717, 1.165) is 18.3 Å². The lowest BCUT2D eigenvalue weighted by atomic mass is 10.2. The van der Waals surface area contributed by atoms with E-state index in [0.29, 0.717) is 12.1 Å². The molecule has 0 bridgehead atoms. The van der Waals surface area contributed by atoms with Crippen molar-refractivity contribution in [3.05, 3.63) is 52.7 Å². The quantitative estimate of drug-likeness (QED) is 0.808. The van der Waals surface area contributed by atoms with Crippen LogP contribution in [0.5, 0.6) is 0 Å². The molecule has 0 aliphatic carbocycles. The normalized spacial score (nSPS) is 11.5. The molecule has 1 aromatic heterocycles. The summed E-state index contributed by atoms with van der Waals surface area (Å²) in [5.41, 5.74) is -1.59. The molecule has 2 nitrogen and oxygen atoms in total. The fourth-order valence-electron chi connectivity index (χ4n) is 1.46. The van der Waals surface area contributed by atoms with Crippen LogP contribution in [0.15, 0.2) is 30.5 Å². The minimum absolute atomic E-state index is 0.0446. The lowest BCUT2D eigenvalue weighted by Crippen LogP contribution is -2.09. The fourth-order valence-corrected chi connectivity index (χ4v) is 1.61. The van der Waals surface area contributed by atoms with Crippen LogP contribution < -0.4 is 5.32 Å². The number of nitrogens with zero attached hydrogens (tertiary/aromatic N) is 1. The monoisotopic (exact) mass is 308 g/mol. The smallest absolute Gasteiger partial charge is 0.338 e. The second kappa shape index (κ2) is 5.24. The topological polar surface area (TPSA) is 24.9 Å². The molecule has 1 aromatic carbocycles. The first-order valence-corrected chi connectivity index (χ1v) is 5.60. The van der Waals surface area contributed by atoms with E-state index in [1.807, 2.05) is 0 Å². The largest absolute Gasteiger partial charge is 0.419 e. The van der Waals surface area contributed by atoms with Crippen molar-refractivity contribution in [1.82, 2.24) is 4.98 Å². The lowest BCUT2D eigenvalue weighted by molar-refractivity contribution is -0.139. The van der Waals surface area contributed by atoms with Crippen molar-refractivity contribution < 1.29 is 22.0 Å². The van der Waals surface area contributed by atoms with E-state index < -0.39 is 23.4 Å². The summed E-state index contributed by atoms with van der Waals surface area (Å²) in [4.78, 5) is 3.59. The van der Waals surface area contributed by atoms with E-state index >= 15 is 0 Å². The van der Waals surface area contributed by atoms with Crippen molar-refractivity contribution in [2.75, 3.05) is 5.32 Å². The van der Waals surface area contributed by atoms with Gasteiger partial charge in [-0.05, 0) is 24.3 Å². The minimum Gasteiger partial charge on any atom is -0.338 e. The SMILES string of the molecule is Fc1ccc(Nc2ncc(Cl)cc2F)cc1C(F)(F)F. The molecule has 0 radical (unpaired) electrons. The number of benzene rings is 1. The fraction of sp³-hybridized carbons (Fsp3) is 0.0833. The minimum atomic E-state index is -4.84. The number of aromatic nitrogens is 1. The van der Waals surface area contributed by atoms with Crippen molar-refractivity contribution in [2.24, 2.45) is 0 Å². The maximum atomic E-state index is 13.4. The zero-order valence-electron chi connectivity index (χ0n) is 9.60. The summed E-state index contributed by atoms with van der Waals surface area (Å²) in [6.07, 6.45) is -3.71. The molecule has 0 spiro atoms. The van der Waals surface area contributed by atoms with E-state index in [-0.39, 0.29) is 16.5 Å². The Morgan fingerprint density at radius 3 is 2.35 bits per heavy atom. The highest BCUT2D eigenvalue weighted by atomic mass is 35.5.